The minimum absolute atomic E-state index is 0.0617. The molecule has 0 aliphatic rings. The van der Waals surface area contributed by atoms with Gasteiger partial charge in [0.2, 0.25) is 0 Å². The number of aromatic nitrogens is 1. The van der Waals surface area contributed by atoms with Crippen LogP contribution in [0.4, 0.5) is 4.79 Å². The van der Waals surface area contributed by atoms with Gasteiger partial charge in [-0.25, -0.2) is 4.79 Å². The van der Waals surface area contributed by atoms with Gasteiger partial charge in [0.25, 0.3) is 0 Å². The molecule has 1 rings (SSSR count). The van der Waals surface area contributed by atoms with E-state index in [9.17, 15) is 9.90 Å². The Morgan fingerprint density at radius 1 is 1.47 bits per heavy atom. The van der Waals surface area contributed by atoms with E-state index in [1.165, 1.54) is 0 Å². The summed E-state index contributed by atoms with van der Waals surface area (Å²) in [6.07, 6.45) is -0.528. The Bertz CT molecular complexity index is 411. The number of aryl methyl sites for hydroxylation is 1. The Morgan fingerprint density at radius 3 is 2.71 bits per heavy atom. The van der Waals surface area contributed by atoms with Crippen molar-refractivity contribution < 1.29 is 14.6 Å². The number of nitrogens with zero attached hydrogens (tertiary/aromatic N) is 1. The lowest BCUT2D eigenvalue weighted by Gasteiger charge is -2.19. The molecule has 5 heteroatoms. The average molecular weight is 238 g/mol. The number of amides is 1. The van der Waals surface area contributed by atoms with Crippen molar-refractivity contribution in [1.29, 1.82) is 0 Å². The van der Waals surface area contributed by atoms with Crippen LogP contribution in [0.2, 0.25) is 0 Å². The molecule has 1 aromatic rings. The van der Waals surface area contributed by atoms with Gasteiger partial charge in [0.15, 0.2) is 0 Å². The summed E-state index contributed by atoms with van der Waals surface area (Å²) in [5, 5.41) is 12.1. The van der Waals surface area contributed by atoms with Crippen LogP contribution in [0.5, 0.6) is 5.75 Å². The van der Waals surface area contributed by atoms with Crippen molar-refractivity contribution in [1.82, 2.24) is 10.3 Å². The molecule has 1 heterocycles. The fourth-order valence-electron chi connectivity index (χ4n) is 1.20. The number of aromatic hydroxyl groups is 1. The molecule has 0 saturated carbocycles. The maximum absolute atomic E-state index is 11.4. The second kappa shape index (κ2) is 5.03. The first-order valence-corrected chi connectivity index (χ1v) is 5.40. The molecule has 5 nitrogen and oxygen atoms in total. The fourth-order valence-corrected chi connectivity index (χ4v) is 1.20. The molecule has 2 N–H and O–H groups in total. The zero-order valence-corrected chi connectivity index (χ0v) is 10.6. The maximum Gasteiger partial charge on any atom is 0.407 e. The summed E-state index contributed by atoms with van der Waals surface area (Å²) in [7, 11) is 0. The number of alkyl carbamates (subject to hydrolysis) is 1. The number of pyridine rings is 1. The van der Waals surface area contributed by atoms with Gasteiger partial charge in [0.05, 0.1) is 6.54 Å². The number of carbonyl (C=O) groups is 1. The second-order valence-corrected chi connectivity index (χ2v) is 4.77. The standard InChI is InChI=1S/C12H18N2O3/c1-8-5-6-10(15)9(14-8)7-13-11(16)17-12(2,3)4/h5-6,15H,7H2,1-4H3,(H,13,16). The molecule has 0 atom stereocenters. The lowest BCUT2D eigenvalue weighted by atomic mass is 10.2. The third-order valence-corrected chi connectivity index (χ3v) is 1.89. The van der Waals surface area contributed by atoms with Crippen molar-refractivity contribution in [3.8, 4) is 5.75 Å². The van der Waals surface area contributed by atoms with E-state index in [0.29, 0.717) is 5.69 Å². The average Bonchev–Trinajstić information content (AvgIpc) is 2.17. The van der Waals surface area contributed by atoms with Crippen LogP contribution >= 0.6 is 0 Å². The van der Waals surface area contributed by atoms with E-state index in [0.717, 1.165) is 5.69 Å². The molecule has 0 aromatic carbocycles. The number of rotatable bonds is 2. The Hall–Kier alpha value is -1.78. The Labute approximate surface area is 101 Å². The predicted octanol–water partition coefficient (Wildman–Crippen LogP) is 2.12. The van der Waals surface area contributed by atoms with Crippen LogP contribution < -0.4 is 5.32 Å². The van der Waals surface area contributed by atoms with Gasteiger partial charge >= 0.3 is 6.09 Å². The molecule has 0 radical (unpaired) electrons. The molecule has 0 unspecified atom stereocenters. The molecule has 0 aliphatic carbocycles. The van der Waals surface area contributed by atoms with E-state index >= 15 is 0 Å². The van der Waals surface area contributed by atoms with Crippen LogP contribution in [0.1, 0.15) is 32.2 Å². The molecule has 0 bridgehead atoms. The van der Waals surface area contributed by atoms with Gasteiger partial charge in [-0.1, -0.05) is 0 Å². The van der Waals surface area contributed by atoms with Crippen molar-refractivity contribution in [3.05, 3.63) is 23.5 Å². The summed E-state index contributed by atoms with van der Waals surface area (Å²) in [6, 6.07) is 3.25. The minimum Gasteiger partial charge on any atom is -0.506 e. The van der Waals surface area contributed by atoms with Crippen LogP contribution in [0.3, 0.4) is 0 Å². The molecule has 17 heavy (non-hydrogen) atoms. The number of carbonyl (C=O) groups excluding carboxylic acids is 1. The molecule has 1 aromatic heterocycles. The van der Waals surface area contributed by atoms with Crippen molar-refractivity contribution >= 4 is 6.09 Å². The largest absolute Gasteiger partial charge is 0.506 e. The smallest absolute Gasteiger partial charge is 0.407 e. The minimum atomic E-state index is -0.536. The molecular weight excluding hydrogens is 220 g/mol. The number of nitrogens with one attached hydrogen (secondary N) is 1. The SMILES string of the molecule is Cc1ccc(O)c(CNC(=O)OC(C)(C)C)n1. The lowest BCUT2D eigenvalue weighted by molar-refractivity contribution is 0.0522. The van der Waals surface area contributed by atoms with E-state index in [-0.39, 0.29) is 12.3 Å². The highest BCUT2D eigenvalue weighted by Crippen LogP contribution is 2.14. The molecule has 0 saturated heterocycles. The molecule has 0 aliphatic heterocycles. The van der Waals surface area contributed by atoms with Crippen LogP contribution in [-0.4, -0.2) is 21.8 Å². The van der Waals surface area contributed by atoms with Gasteiger partial charge in [-0.3, -0.25) is 4.98 Å². The van der Waals surface area contributed by atoms with Crippen LogP contribution in [-0.2, 0) is 11.3 Å². The van der Waals surface area contributed by atoms with Crippen LogP contribution in [0.15, 0.2) is 12.1 Å². The zero-order chi connectivity index (χ0) is 13.1. The van der Waals surface area contributed by atoms with Crippen molar-refractivity contribution in [2.24, 2.45) is 0 Å². The van der Waals surface area contributed by atoms with E-state index in [1.807, 2.05) is 6.92 Å². The highest BCUT2D eigenvalue weighted by Gasteiger charge is 2.16. The summed E-state index contributed by atoms with van der Waals surface area (Å²) < 4.78 is 5.07. The van der Waals surface area contributed by atoms with E-state index in [2.05, 4.69) is 10.3 Å². The molecule has 0 fully saturated rings. The normalized spacial score (nSPS) is 11.1. The van der Waals surface area contributed by atoms with Crippen molar-refractivity contribution in [2.75, 3.05) is 0 Å². The third-order valence-electron chi connectivity index (χ3n) is 1.89. The summed E-state index contributed by atoms with van der Waals surface area (Å²) in [4.78, 5) is 15.5. The van der Waals surface area contributed by atoms with Gasteiger partial charge in [0.1, 0.15) is 17.0 Å². The number of hydrogen-bond acceptors (Lipinski definition) is 4. The van der Waals surface area contributed by atoms with Gasteiger partial charge in [-0.15, -0.1) is 0 Å². The van der Waals surface area contributed by atoms with Gasteiger partial charge < -0.3 is 15.2 Å². The summed E-state index contributed by atoms with van der Waals surface area (Å²) in [5.41, 5.74) is 0.672. The quantitative estimate of drug-likeness (QED) is 0.827. The van der Waals surface area contributed by atoms with E-state index in [1.54, 1.807) is 32.9 Å². The maximum atomic E-state index is 11.4. The van der Waals surface area contributed by atoms with Crippen LogP contribution in [0.25, 0.3) is 0 Å². The summed E-state index contributed by atoms with van der Waals surface area (Å²) in [5.74, 6) is 0.0617. The van der Waals surface area contributed by atoms with Crippen molar-refractivity contribution in [2.45, 2.75) is 39.8 Å². The number of ether oxygens (including phenoxy) is 1. The summed E-state index contributed by atoms with van der Waals surface area (Å²) >= 11 is 0. The van der Waals surface area contributed by atoms with Crippen LogP contribution in [0, 0.1) is 6.92 Å². The van der Waals surface area contributed by atoms with E-state index < -0.39 is 11.7 Å². The van der Waals surface area contributed by atoms with Gasteiger partial charge in [-0.2, -0.15) is 0 Å². The Kier molecular flexibility index (Phi) is 3.93. The van der Waals surface area contributed by atoms with Gasteiger partial charge in [0, 0.05) is 5.69 Å². The Balaban J connectivity index is 2.56. The molecule has 0 spiro atoms. The van der Waals surface area contributed by atoms with Crippen molar-refractivity contribution in [3.63, 3.8) is 0 Å². The topological polar surface area (TPSA) is 71.5 Å². The second-order valence-electron chi connectivity index (χ2n) is 4.77. The molecular formula is C12H18N2O3. The highest BCUT2D eigenvalue weighted by molar-refractivity contribution is 5.67. The highest BCUT2D eigenvalue weighted by atomic mass is 16.6. The first-order chi connectivity index (χ1) is 7.78. The monoisotopic (exact) mass is 238 g/mol. The summed E-state index contributed by atoms with van der Waals surface area (Å²) in [6.45, 7) is 7.32. The molecule has 94 valence electrons. The zero-order valence-electron chi connectivity index (χ0n) is 10.6. The lowest BCUT2D eigenvalue weighted by Crippen LogP contribution is -2.32. The fraction of sp³-hybridized carbons (Fsp3) is 0.500. The Morgan fingerprint density at radius 2 is 2.12 bits per heavy atom. The number of hydrogen-bond donors (Lipinski definition) is 2. The van der Waals surface area contributed by atoms with E-state index in [4.69, 9.17) is 4.74 Å². The predicted molar refractivity (Wildman–Crippen MR) is 63.7 cm³/mol. The first-order valence-electron chi connectivity index (χ1n) is 5.40. The molecule has 1 amide bonds. The first kappa shape index (κ1) is 13.3. The third kappa shape index (κ3) is 4.72. The van der Waals surface area contributed by atoms with Gasteiger partial charge in [-0.05, 0) is 39.8 Å².